The number of aliphatic carboxylic acids is 1. The van der Waals surface area contributed by atoms with E-state index in [9.17, 15) is 14.7 Å². The van der Waals surface area contributed by atoms with Gasteiger partial charge in [-0.25, -0.2) is 4.79 Å². The molecule has 2 heterocycles. The maximum Gasteiger partial charge on any atom is 0.326 e. The van der Waals surface area contributed by atoms with Crippen molar-refractivity contribution in [1.29, 1.82) is 0 Å². The third-order valence-electron chi connectivity index (χ3n) is 4.23. The van der Waals surface area contributed by atoms with E-state index < -0.39 is 17.9 Å². The van der Waals surface area contributed by atoms with Crippen molar-refractivity contribution in [2.45, 2.75) is 18.9 Å². The Kier molecular flexibility index (Phi) is 4.96. The van der Waals surface area contributed by atoms with Crippen LogP contribution in [0.1, 0.15) is 23.3 Å². The molecule has 24 heavy (non-hydrogen) atoms. The first-order chi connectivity index (χ1) is 11.6. The van der Waals surface area contributed by atoms with E-state index in [0.717, 1.165) is 24.1 Å². The second kappa shape index (κ2) is 7.31. The van der Waals surface area contributed by atoms with Crippen molar-refractivity contribution in [3.63, 3.8) is 0 Å². The highest BCUT2D eigenvalue weighted by Gasteiger charge is 2.31. The molecule has 126 valence electrons. The number of carbonyl (C=O) groups is 2. The van der Waals surface area contributed by atoms with E-state index in [4.69, 9.17) is 4.74 Å². The largest absolute Gasteiger partial charge is 0.480 e. The van der Waals surface area contributed by atoms with Gasteiger partial charge in [0, 0.05) is 18.2 Å². The fourth-order valence-electron chi connectivity index (χ4n) is 2.94. The van der Waals surface area contributed by atoms with Gasteiger partial charge in [-0.05, 0) is 30.5 Å². The molecule has 1 aromatic carbocycles. The van der Waals surface area contributed by atoms with Crippen LogP contribution >= 0.6 is 0 Å². The highest BCUT2D eigenvalue weighted by Crippen LogP contribution is 2.20. The molecule has 3 N–H and O–H groups in total. The van der Waals surface area contributed by atoms with Crippen molar-refractivity contribution in [3.05, 3.63) is 48.2 Å². The third-order valence-corrected chi connectivity index (χ3v) is 4.23. The van der Waals surface area contributed by atoms with Crippen LogP contribution in [-0.4, -0.2) is 41.2 Å². The number of amides is 1. The third kappa shape index (κ3) is 3.65. The Bertz CT molecular complexity index is 705. The molecule has 0 bridgehead atoms. The molecular weight excluding hydrogens is 308 g/mol. The zero-order valence-corrected chi connectivity index (χ0v) is 13.2. The highest BCUT2D eigenvalue weighted by atomic mass is 16.5. The average Bonchev–Trinajstić information content (AvgIpc) is 3.11. The SMILES string of the molecule is O=C(NC(C(=O)O)C1CCCOC1)c1ccc(-c2ccccc2)[nH]1. The van der Waals surface area contributed by atoms with Crippen LogP contribution in [0.5, 0.6) is 0 Å². The van der Waals surface area contributed by atoms with E-state index in [0.29, 0.717) is 18.9 Å². The van der Waals surface area contributed by atoms with Crippen LogP contribution in [0.3, 0.4) is 0 Å². The number of benzene rings is 1. The molecule has 2 atom stereocenters. The lowest BCUT2D eigenvalue weighted by Crippen LogP contribution is -2.48. The fourth-order valence-corrected chi connectivity index (χ4v) is 2.94. The predicted molar refractivity (Wildman–Crippen MR) is 88.7 cm³/mol. The molecule has 2 aromatic rings. The first-order valence-electron chi connectivity index (χ1n) is 8.01. The summed E-state index contributed by atoms with van der Waals surface area (Å²) in [5.74, 6) is -1.66. The van der Waals surface area contributed by atoms with E-state index in [-0.39, 0.29) is 5.92 Å². The number of aromatic amines is 1. The van der Waals surface area contributed by atoms with Crippen molar-refractivity contribution >= 4 is 11.9 Å². The molecular formula is C18H20N2O4. The zero-order chi connectivity index (χ0) is 16.9. The lowest BCUT2D eigenvalue weighted by molar-refractivity contribution is -0.142. The first kappa shape index (κ1) is 16.3. The molecule has 1 aliphatic heterocycles. The molecule has 0 saturated carbocycles. The van der Waals surface area contributed by atoms with Gasteiger partial charge < -0.3 is 20.1 Å². The molecule has 3 rings (SSSR count). The van der Waals surface area contributed by atoms with E-state index in [2.05, 4.69) is 10.3 Å². The van der Waals surface area contributed by atoms with Crippen molar-refractivity contribution in [3.8, 4) is 11.3 Å². The van der Waals surface area contributed by atoms with Gasteiger partial charge in [0.25, 0.3) is 5.91 Å². The van der Waals surface area contributed by atoms with Gasteiger partial charge in [-0.1, -0.05) is 30.3 Å². The van der Waals surface area contributed by atoms with Gasteiger partial charge in [0.2, 0.25) is 0 Å². The minimum Gasteiger partial charge on any atom is -0.480 e. The lowest BCUT2D eigenvalue weighted by atomic mass is 9.93. The number of carbonyl (C=O) groups excluding carboxylic acids is 1. The van der Waals surface area contributed by atoms with Crippen molar-refractivity contribution in [1.82, 2.24) is 10.3 Å². The van der Waals surface area contributed by atoms with Gasteiger partial charge in [0.1, 0.15) is 11.7 Å². The van der Waals surface area contributed by atoms with E-state index >= 15 is 0 Å². The zero-order valence-electron chi connectivity index (χ0n) is 13.2. The number of rotatable bonds is 5. The second-order valence-electron chi connectivity index (χ2n) is 5.92. The Labute approximate surface area is 139 Å². The molecule has 1 aliphatic rings. The number of carboxylic acid groups (broad SMARTS) is 1. The van der Waals surface area contributed by atoms with Gasteiger partial charge in [0.05, 0.1) is 6.61 Å². The van der Waals surface area contributed by atoms with Crippen LogP contribution in [0.25, 0.3) is 11.3 Å². The van der Waals surface area contributed by atoms with Gasteiger partial charge in [-0.15, -0.1) is 0 Å². The molecule has 1 fully saturated rings. The summed E-state index contributed by atoms with van der Waals surface area (Å²) in [6.45, 7) is 1.01. The Morgan fingerprint density at radius 3 is 2.67 bits per heavy atom. The summed E-state index contributed by atoms with van der Waals surface area (Å²) in [6, 6.07) is 12.2. The highest BCUT2D eigenvalue weighted by molar-refractivity contribution is 5.96. The van der Waals surface area contributed by atoms with Gasteiger partial charge in [-0.3, -0.25) is 4.79 Å². The van der Waals surface area contributed by atoms with Crippen LogP contribution in [-0.2, 0) is 9.53 Å². The molecule has 0 radical (unpaired) electrons. The van der Waals surface area contributed by atoms with Crippen LogP contribution in [0.2, 0.25) is 0 Å². The average molecular weight is 328 g/mol. The summed E-state index contributed by atoms with van der Waals surface area (Å²) in [4.78, 5) is 27.0. The van der Waals surface area contributed by atoms with Gasteiger partial charge in [-0.2, -0.15) is 0 Å². The molecule has 1 aromatic heterocycles. The van der Waals surface area contributed by atoms with Crippen molar-refractivity contribution in [2.24, 2.45) is 5.92 Å². The minimum atomic E-state index is -1.03. The van der Waals surface area contributed by atoms with E-state index in [1.165, 1.54) is 0 Å². The number of aromatic nitrogens is 1. The fraction of sp³-hybridized carbons (Fsp3) is 0.333. The van der Waals surface area contributed by atoms with Crippen molar-refractivity contribution in [2.75, 3.05) is 13.2 Å². The first-order valence-corrected chi connectivity index (χ1v) is 8.01. The van der Waals surface area contributed by atoms with Crippen molar-refractivity contribution < 1.29 is 19.4 Å². The quantitative estimate of drug-likeness (QED) is 0.785. The normalized spacial score (nSPS) is 18.8. The van der Waals surface area contributed by atoms with E-state index in [1.54, 1.807) is 6.07 Å². The Morgan fingerprint density at radius 1 is 1.21 bits per heavy atom. The Morgan fingerprint density at radius 2 is 2.00 bits per heavy atom. The summed E-state index contributed by atoms with van der Waals surface area (Å²) in [6.07, 6.45) is 1.54. The summed E-state index contributed by atoms with van der Waals surface area (Å²) < 4.78 is 5.34. The Hall–Kier alpha value is -2.60. The summed E-state index contributed by atoms with van der Waals surface area (Å²) >= 11 is 0. The van der Waals surface area contributed by atoms with E-state index in [1.807, 2.05) is 36.4 Å². The van der Waals surface area contributed by atoms with Gasteiger partial charge in [0.15, 0.2) is 0 Å². The van der Waals surface area contributed by atoms with Crippen LogP contribution in [0.15, 0.2) is 42.5 Å². The molecule has 0 aliphatic carbocycles. The number of hydrogen-bond acceptors (Lipinski definition) is 3. The Balaban J connectivity index is 1.71. The predicted octanol–water partition coefficient (Wildman–Crippen LogP) is 2.29. The number of hydrogen-bond donors (Lipinski definition) is 3. The lowest BCUT2D eigenvalue weighted by Gasteiger charge is -2.27. The summed E-state index contributed by atoms with van der Waals surface area (Å²) in [7, 11) is 0. The van der Waals surface area contributed by atoms with Crippen LogP contribution in [0.4, 0.5) is 0 Å². The number of carboxylic acids is 1. The molecule has 6 nitrogen and oxygen atoms in total. The van der Waals surface area contributed by atoms with Crippen LogP contribution in [0, 0.1) is 5.92 Å². The van der Waals surface area contributed by atoms with Crippen LogP contribution < -0.4 is 5.32 Å². The topological polar surface area (TPSA) is 91.4 Å². The smallest absolute Gasteiger partial charge is 0.326 e. The molecule has 1 saturated heterocycles. The second-order valence-corrected chi connectivity index (χ2v) is 5.92. The summed E-state index contributed by atoms with van der Waals surface area (Å²) in [5.41, 5.74) is 2.12. The maximum atomic E-state index is 12.4. The summed E-state index contributed by atoms with van der Waals surface area (Å²) in [5, 5.41) is 12.0. The monoisotopic (exact) mass is 328 g/mol. The molecule has 6 heteroatoms. The number of H-pyrrole nitrogens is 1. The number of ether oxygens (including phenoxy) is 1. The van der Waals surface area contributed by atoms with Gasteiger partial charge >= 0.3 is 5.97 Å². The molecule has 1 amide bonds. The maximum absolute atomic E-state index is 12.4. The molecule has 2 unspecified atom stereocenters. The number of nitrogens with one attached hydrogen (secondary N) is 2. The minimum absolute atomic E-state index is 0.205. The molecule has 0 spiro atoms. The standard InChI is InChI=1S/C18H20N2O4/c21-17(20-16(18(22)23)13-7-4-10-24-11-13)15-9-8-14(19-15)12-5-2-1-3-6-12/h1-3,5-6,8-9,13,16,19H,4,7,10-11H2,(H,20,21)(H,22,23).